The summed E-state index contributed by atoms with van der Waals surface area (Å²) in [7, 11) is 1.64. The van der Waals surface area contributed by atoms with Crippen molar-refractivity contribution >= 4 is 28.6 Å². The van der Waals surface area contributed by atoms with Crippen LogP contribution in [-0.4, -0.2) is 57.1 Å². The van der Waals surface area contributed by atoms with Gasteiger partial charge in [-0.2, -0.15) is 5.10 Å². The number of aromatic nitrogens is 3. The number of anilines is 2. The summed E-state index contributed by atoms with van der Waals surface area (Å²) in [4.78, 5) is 17.5. The van der Waals surface area contributed by atoms with Gasteiger partial charge in [0.1, 0.15) is 5.75 Å². The number of carboxylic acid groups (broad SMARTS) is 1. The molecule has 1 amide bonds. The van der Waals surface area contributed by atoms with E-state index in [2.05, 4.69) is 10.3 Å². The Morgan fingerprint density at radius 3 is 2.76 bits per heavy atom. The standard InChI is InChI=1S/C25H26N6O3/c1-34-20-7-5-16(6-8-20)14-31-24-22(21(9-11-27-24)17-3-2-4-18(26)13-17)23(29-31)28-19-10-12-30(15-19)25(32)33/h2-9,11,13,19H,10,12,14-15,26H2,1H3,(H,28,29)(H,32,33). The monoisotopic (exact) mass is 458 g/mol. The Kier molecular flexibility index (Phi) is 5.67. The quantitative estimate of drug-likeness (QED) is 0.375. The molecule has 9 nitrogen and oxygen atoms in total. The number of pyridine rings is 1. The Balaban J connectivity index is 1.57. The lowest BCUT2D eigenvalue weighted by molar-refractivity contribution is 0.155. The summed E-state index contributed by atoms with van der Waals surface area (Å²) >= 11 is 0. The fraction of sp³-hybridized carbons (Fsp3) is 0.240. The number of nitrogens with zero attached hydrogens (tertiary/aromatic N) is 4. The van der Waals surface area contributed by atoms with E-state index in [-0.39, 0.29) is 6.04 Å². The molecular formula is C25H26N6O3. The second-order valence-electron chi connectivity index (χ2n) is 8.40. The van der Waals surface area contributed by atoms with Crippen LogP contribution in [0.25, 0.3) is 22.2 Å². The molecular weight excluding hydrogens is 432 g/mol. The molecule has 1 aliphatic heterocycles. The second-order valence-corrected chi connectivity index (χ2v) is 8.40. The van der Waals surface area contributed by atoms with E-state index in [1.165, 1.54) is 4.90 Å². The summed E-state index contributed by atoms with van der Waals surface area (Å²) < 4.78 is 7.14. The lowest BCUT2D eigenvalue weighted by Gasteiger charge is -2.14. The van der Waals surface area contributed by atoms with Crippen molar-refractivity contribution in [3.63, 3.8) is 0 Å². The number of nitrogens with two attached hydrogens (primary N) is 1. The number of hydrogen-bond acceptors (Lipinski definition) is 6. The van der Waals surface area contributed by atoms with Gasteiger partial charge < -0.3 is 25.8 Å². The molecule has 0 spiro atoms. The molecule has 4 aromatic rings. The first kappa shape index (κ1) is 21.6. The highest BCUT2D eigenvalue weighted by molar-refractivity contribution is 6.01. The van der Waals surface area contributed by atoms with Crippen molar-refractivity contribution in [2.45, 2.75) is 19.0 Å². The number of fused-ring (bicyclic) bond motifs is 1. The molecule has 0 radical (unpaired) electrons. The van der Waals surface area contributed by atoms with Crippen LogP contribution < -0.4 is 15.8 Å². The zero-order chi connectivity index (χ0) is 23.7. The maximum atomic E-state index is 11.4. The zero-order valence-electron chi connectivity index (χ0n) is 18.8. The first-order chi connectivity index (χ1) is 16.5. The second kappa shape index (κ2) is 8.93. The number of ether oxygens (including phenoxy) is 1. The van der Waals surface area contributed by atoms with Gasteiger partial charge in [-0.05, 0) is 53.4 Å². The molecule has 34 heavy (non-hydrogen) atoms. The van der Waals surface area contributed by atoms with Gasteiger partial charge in [0.2, 0.25) is 0 Å². The molecule has 174 valence electrons. The lowest BCUT2D eigenvalue weighted by atomic mass is 10.0. The van der Waals surface area contributed by atoms with Gasteiger partial charge in [0.15, 0.2) is 11.5 Å². The maximum absolute atomic E-state index is 11.4. The number of likely N-dealkylation sites (tertiary alicyclic amines) is 1. The van der Waals surface area contributed by atoms with Crippen LogP contribution in [0.4, 0.5) is 16.3 Å². The highest BCUT2D eigenvalue weighted by atomic mass is 16.5. The first-order valence-electron chi connectivity index (χ1n) is 11.1. The molecule has 0 saturated carbocycles. The van der Waals surface area contributed by atoms with Crippen molar-refractivity contribution in [2.75, 3.05) is 31.2 Å². The van der Waals surface area contributed by atoms with E-state index in [0.717, 1.165) is 33.5 Å². The summed E-state index contributed by atoms with van der Waals surface area (Å²) in [5.74, 6) is 1.48. The zero-order valence-corrected chi connectivity index (χ0v) is 18.8. The number of nitrogens with one attached hydrogen (secondary N) is 1. The molecule has 0 bridgehead atoms. The predicted octanol–water partition coefficient (Wildman–Crippen LogP) is 3.90. The van der Waals surface area contributed by atoms with E-state index >= 15 is 0 Å². The van der Waals surface area contributed by atoms with Crippen molar-refractivity contribution in [2.24, 2.45) is 0 Å². The number of carbonyl (C=O) groups is 1. The van der Waals surface area contributed by atoms with Gasteiger partial charge in [0.05, 0.1) is 19.0 Å². The van der Waals surface area contributed by atoms with Gasteiger partial charge in [-0.1, -0.05) is 24.3 Å². The van der Waals surface area contributed by atoms with Gasteiger partial charge >= 0.3 is 6.09 Å². The number of nitrogen functional groups attached to an aromatic ring is 1. The predicted molar refractivity (Wildman–Crippen MR) is 131 cm³/mol. The van der Waals surface area contributed by atoms with Crippen LogP contribution >= 0.6 is 0 Å². The smallest absolute Gasteiger partial charge is 0.407 e. The summed E-state index contributed by atoms with van der Waals surface area (Å²) in [5, 5.41) is 18.6. The van der Waals surface area contributed by atoms with Crippen LogP contribution in [0.5, 0.6) is 5.75 Å². The maximum Gasteiger partial charge on any atom is 0.407 e. The number of methoxy groups -OCH3 is 1. The molecule has 9 heteroatoms. The summed E-state index contributed by atoms with van der Waals surface area (Å²) in [5.41, 5.74) is 10.5. The van der Waals surface area contributed by atoms with Crippen LogP contribution in [0.2, 0.25) is 0 Å². The average Bonchev–Trinajstić information content (AvgIpc) is 3.45. The first-order valence-corrected chi connectivity index (χ1v) is 11.1. The van der Waals surface area contributed by atoms with Crippen LogP contribution in [-0.2, 0) is 6.54 Å². The van der Waals surface area contributed by atoms with E-state index in [1.807, 2.05) is 59.3 Å². The van der Waals surface area contributed by atoms with Crippen molar-refractivity contribution < 1.29 is 14.6 Å². The Morgan fingerprint density at radius 1 is 1.24 bits per heavy atom. The Bertz CT molecular complexity index is 1330. The molecule has 5 rings (SSSR count). The molecule has 2 aromatic heterocycles. The molecule has 1 aliphatic rings. The Labute approximate surface area is 196 Å². The van der Waals surface area contributed by atoms with E-state index in [9.17, 15) is 9.90 Å². The molecule has 4 N–H and O–H groups in total. The third-order valence-electron chi connectivity index (χ3n) is 6.12. The molecule has 2 aromatic carbocycles. The number of hydrogen-bond donors (Lipinski definition) is 3. The fourth-order valence-electron chi connectivity index (χ4n) is 4.41. The van der Waals surface area contributed by atoms with Crippen molar-refractivity contribution in [1.82, 2.24) is 19.7 Å². The normalized spacial score (nSPS) is 15.6. The average molecular weight is 459 g/mol. The van der Waals surface area contributed by atoms with E-state index < -0.39 is 6.09 Å². The minimum atomic E-state index is -0.902. The minimum Gasteiger partial charge on any atom is -0.497 e. The van der Waals surface area contributed by atoms with Crippen LogP contribution in [0.1, 0.15) is 12.0 Å². The molecule has 0 aliphatic carbocycles. The molecule has 1 atom stereocenters. The van der Waals surface area contributed by atoms with Gasteiger partial charge in [-0.3, -0.25) is 0 Å². The third kappa shape index (κ3) is 4.19. The van der Waals surface area contributed by atoms with E-state index in [4.69, 9.17) is 15.6 Å². The largest absolute Gasteiger partial charge is 0.497 e. The Hall–Kier alpha value is -4.27. The highest BCUT2D eigenvalue weighted by Gasteiger charge is 2.28. The van der Waals surface area contributed by atoms with Crippen molar-refractivity contribution in [3.05, 3.63) is 66.4 Å². The van der Waals surface area contributed by atoms with E-state index in [0.29, 0.717) is 37.6 Å². The molecule has 1 saturated heterocycles. The van der Waals surface area contributed by atoms with Gasteiger partial charge in [0, 0.05) is 31.0 Å². The molecule has 3 heterocycles. The number of rotatable bonds is 6. The van der Waals surface area contributed by atoms with Crippen LogP contribution in [0.15, 0.2) is 60.8 Å². The van der Waals surface area contributed by atoms with Gasteiger partial charge in [-0.25, -0.2) is 14.5 Å². The lowest BCUT2D eigenvalue weighted by Crippen LogP contribution is -2.30. The minimum absolute atomic E-state index is 0.0301. The van der Waals surface area contributed by atoms with Crippen molar-refractivity contribution in [3.8, 4) is 16.9 Å². The number of benzene rings is 2. The summed E-state index contributed by atoms with van der Waals surface area (Å²) in [6.07, 6.45) is 1.59. The summed E-state index contributed by atoms with van der Waals surface area (Å²) in [6, 6.07) is 17.5. The molecule has 1 unspecified atom stereocenters. The molecule has 1 fully saturated rings. The van der Waals surface area contributed by atoms with Gasteiger partial charge in [0.25, 0.3) is 0 Å². The van der Waals surface area contributed by atoms with E-state index in [1.54, 1.807) is 13.3 Å². The van der Waals surface area contributed by atoms with Crippen LogP contribution in [0, 0.1) is 0 Å². The topological polar surface area (TPSA) is 119 Å². The third-order valence-corrected chi connectivity index (χ3v) is 6.12. The number of amides is 1. The van der Waals surface area contributed by atoms with Crippen LogP contribution in [0.3, 0.4) is 0 Å². The Morgan fingerprint density at radius 2 is 2.06 bits per heavy atom. The SMILES string of the molecule is COc1ccc(Cn2nc(NC3CCN(C(=O)O)C3)c3c(-c4cccc(N)c4)ccnc32)cc1. The summed E-state index contributed by atoms with van der Waals surface area (Å²) in [6.45, 7) is 1.44. The highest BCUT2D eigenvalue weighted by Crippen LogP contribution is 2.34. The van der Waals surface area contributed by atoms with Crippen molar-refractivity contribution in [1.29, 1.82) is 0 Å². The fourth-order valence-corrected chi connectivity index (χ4v) is 4.41. The van der Waals surface area contributed by atoms with Gasteiger partial charge in [-0.15, -0.1) is 0 Å².